The molecule has 0 aliphatic rings. The number of oxime groups is 1. The first-order chi connectivity index (χ1) is 9.81. The van der Waals surface area contributed by atoms with Gasteiger partial charge in [0.25, 0.3) is 5.91 Å². The molecule has 116 valence electrons. The highest BCUT2D eigenvalue weighted by atomic mass is 16.4. The Morgan fingerprint density at radius 3 is 2.48 bits per heavy atom. The van der Waals surface area contributed by atoms with Gasteiger partial charge in [0.2, 0.25) is 0 Å². The van der Waals surface area contributed by atoms with Gasteiger partial charge in [-0.25, -0.2) is 0 Å². The van der Waals surface area contributed by atoms with Gasteiger partial charge in [0.1, 0.15) is 0 Å². The van der Waals surface area contributed by atoms with E-state index in [9.17, 15) is 4.79 Å². The molecule has 0 spiro atoms. The fraction of sp³-hybridized carbons (Fsp3) is 0.500. The maximum absolute atomic E-state index is 12.8. The highest BCUT2D eigenvalue weighted by Gasteiger charge is 2.24. The summed E-state index contributed by atoms with van der Waals surface area (Å²) in [7, 11) is 0. The highest BCUT2D eigenvalue weighted by molar-refractivity contribution is 5.98. The number of rotatable bonds is 5. The van der Waals surface area contributed by atoms with E-state index in [-0.39, 0.29) is 23.7 Å². The minimum absolute atomic E-state index is 0.0324. The zero-order chi connectivity index (χ0) is 16.0. The van der Waals surface area contributed by atoms with Crippen LogP contribution in [0.2, 0.25) is 0 Å². The molecular formula is C16H25N3O2. The number of carbonyl (C=O) groups is 1. The molecule has 1 aromatic rings. The Kier molecular flexibility index (Phi) is 5.76. The van der Waals surface area contributed by atoms with E-state index < -0.39 is 0 Å². The molecule has 1 amide bonds. The molecule has 5 nitrogen and oxygen atoms in total. The Hall–Kier alpha value is -2.04. The van der Waals surface area contributed by atoms with Crippen LogP contribution in [0.4, 0.5) is 0 Å². The molecule has 0 aromatic heterocycles. The molecule has 0 fully saturated rings. The first kappa shape index (κ1) is 17.0. The molecular weight excluding hydrogens is 266 g/mol. The average molecular weight is 291 g/mol. The summed E-state index contributed by atoms with van der Waals surface area (Å²) in [5, 5.41) is 11.7. The maximum atomic E-state index is 12.8. The molecule has 0 bridgehead atoms. The van der Waals surface area contributed by atoms with E-state index in [1.165, 1.54) is 0 Å². The zero-order valence-corrected chi connectivity index (χ0v) is 13.3. The lowest BCUT2D eigenvalue weighted by molar-refractivity contribution is 0.0775. The predicted molar refractivity (Wildman–Crippen MR) is 84.7 cm³/mol. The van der Waals surface area contributed by atoms with Crippen molar-refractivity contribution in [3.05, 3.63) is 35.4 Å². The summed E-state index contributed by atoms with van der Waals surface area (Å²) in [5.74, 6) is -0.0565. The van der Waals surface area contributed by atoms with E-state index in [0.717, 1.165) is 12.0 Å². The summed E-state index contributed by atoms with van der Waals surface area (Å²) >= 11 is 0. The van der Waals surface area contributed by atoms with Gasteiger partial charge in [-0.15, -0.1) is 0 Å². The smallest absolute Gasteiger partial charge is 0.254 e. The largest absolute Gasteiger partial charge is 0.409 e. The van der Waals surface area contributed by atoms with E-state index in [2.05, 4.69) is 25.9 Å². The van der Waals surface area contributed by atoms with Gasteiger partial charge in [0, 0.05) is 12.1 Å². The van der Waals surface area contributed by atoms with E-state index >= 15 is 0 Å². The molecule has 1 rings (SSSR count). The molecule has 0 radical (unpaired) electrons. The summed E-state index contributed by atoms with van der Waals surface area (Å²) in [4.78, 5) is 14.4. The van der Waals surface area contributed by atoms with Crippen LogP contribution in [-0.4, -0.2) is 34.9 Å². The topological polar surface area (TPSA) is 78.9 Å². The Labute approximate surface area is 126 Å². The van der Waals surface area contributed by atoms with E-state index in [1.807, 2.05) is 31.2 Å². The SMILES string of the molecule is CCCN(C/C(N)=N/O)C(=O)c1ccccc1C(C)(C)C. The first-order valence-corrected chi connectivity index (χ1v) is 7.16. The average Bonchev–Trinajstić information content (AvgIpc) is 2.45. The Morgan fingerprint density at radius 1 is 1.33 bits per heavy atom. The summed E-state index contributed by atoms with van der Waals surface area (Å²) in [6.07, 6.45) is 0.808. The third-order valence-corrected chi connectivity index (χ3v) is 3.23. The minimum atomic E-state index is -0.124. The number of nitrogens with zero attached hydrogens (tertiary/aromatic N) is 2. The molecule has 0 aliphatic heterocycles. The second-order valence-electron chi connectivity index (χ2n) is 6.11. The van der Waals surface area contributed by atoms with Crippen LogP contribution < -0.4 is 5.73 Å². The Morgan fingerprint density at radius 2 is 1.95 bits per heavy atom. The second kappa shape index (κ2) is 7.11. The van der Waals surface area contributed by atoms with Crippen molar-refractivity contribution in [2.45, 2.75) is 39.5 Å². The van der Waals surface area contributed by atoms with Crippen molar-refractivity contribution < 1.29 is 10.0 Å². The van der Waals surface area contributed by atoms with Gasteiger partial charge in [0.15, 0.2) is 5.84 Å². The lowest BCUT2D eigenvalue weighted by Gasteiger charge is -2.27. The van der Waals surface area contributed by atoms with Crippen molar-refractivity contribution in [2.24, 2.45) is 10.9 Å². The number of carbonyl (C=O) groups excluding carboxylic acids is 1. The Balaban J connectivity index is 3.15. The molecule has 1 aromatic carbocycles. The van der Waals surface area contributed by atoms with Crippen LogP contribution in [-0.2, 0) is 5.41 Å². The number of benzene rings is 1. The summed E-state index contributed by atoms with van der Waals surface area (Å²) in [6.45, 7) is 8.91. The number of amidine groups is 1. The molecule has 0 atom stereocenters. The zero-order valence-electron chi connectivity index (χ0n) is 13.3. The number of hydrogen-bond acceptors (Lipinski definition) is 3. The van der Waals surface area contributed by atoms with Crippen LogP contribution in [0.15, 0.2) is 29.4 Å². The molecule has 21 heavy (non-hydrogen) atoms. The molecule has 0 saturated heterocycles. The fourth-order valence-corrected chi connectivity index (χ4v) is 2.24. The van der Waals surface area contributed by atoms with Crippen LogP contribution in [0.25, 0.3) is 0 Å². The standard InChI is InChI=1S/C16H25N3O2/c1-5-10-19(11-14(17)18-21)15(20)12-8-6-7-9-13(12)16(2,3)4/h6-9,21H,5,10-11H2,1-4H3,(H2,17,18). The van der Waals surface area contributed by atoms with Gasteiger partial charge in [-0.05, 0) is 23.5 Å². The summed E-state index contributed by atoms with van der Waals surface area (Å²) in [5.41, 5.74) is 7.09. The van der Waals surface area contributed by atoms with Crippen LogP contribution >= 0.6 is 0 Å². The van der Waals surface area contributed by atoms with E-state index in [4.69, 9.17) is 10.9 Å². The second-order valence-corrected chi connectivity index (χ2v) is 6.11. The van der Waals surface area contributed by atoms with Crippen molar-refractivity contribution in [3.63, 3.8) is 0 Å². The molecule has 3 N–H and O–H groups in total. The lowest BCUT2D eigenvalue weighted by Crippen LogP contribution is -2.40. The number of nitrogens with two attached hydrogens (primary N) is 1. The molecule has 0 saturated carbocycles. The van der Waals surface area contributed by atoms with Crippen LogP contribution in [0.3, 0.4) is 0 Å². The monoisotopic (exact) mass is 291 g/mol. The van der Waals surface area contributed by atoms with Crippen molar-refractivity contribution in [3.8, 4) is 0 Å². The first-order valence-electron chi connectivity index (χ1n) is 7.16. The molecule has 5 heteroatoms. The lowest BCUT2D eigenvalue weighted by atomic mass is 9.83. The Bertz CT molecular complexity index is 518. The van der Waals surface area contributed by atoms with E-state index in [0.29, 0.717) is 12.1 Å². The van der Waals surface area contributed by atoms with Crippen molar-refractivity contribution in [1.29, 1.82) is 0 Å². The van der Waals surface area contributed by atoms with Gasteiger partial charge in [0.05, 0.1) is 6.54 Å². The van der Waals surface area contributed by atoms with Gasteiger partial charge in [-0.3, -0.25) is 4.79 Å². The molecule has 0 aliphatic carbocycles. The maximum Gasteiger partial charge on any atom is 0.254 e. The third kappa shape index (κ3) is 4.48. The molecule has 0 unspecified atom stereocenters. The normalized spacial score (nSPS) is 12.3. The predicted octanol–water partition coefficient (Wildman–Crippen LogP) is 2.58. The quantitative estimate of drug-likeness (QED) is 0.379. The van der Waals surface area contributed by atoms with E-state index in [1.54, 1.807) is 4.90 Å². The van der Waals surface area contributed by atoms with Crippen molar-refractivity contribution in [1.82, 2.24) is 4.90 Å². The summed E-state index contributed by atoms with van der Waals surface area (Å²) in [6, 6.07) is 7.60. The fourth-order valence-electron chi connectivity index (χ4n) is 2.24. The van der Waals surface area contributed by atoms with Crippen LogP contribution in [0.5, 0.6) is 0 Å². The van der Waals surface area contributed by atoms with Gasteiger partial charge in [-0.1, -0.05) is 51.0 Å². The minimum Gasteiger partial charge on any atom is -0.409 e. The molecule has 0 heterocycles. The third-order valence-electron chi connectivity index (χ3n) is 3.23. The van der Waals surface area contributed by atoms with Crippen molar-refractivity contribution >= 4 is 11.7 Å². The highest BCUT2D eigenvalue weighted by Crippen LogP contribution is 2.26. The van der Waals surface area contributed by atoms with Crippen molar-refractivity contribution in [2.75, 3.05) is 13.1 Å². The van der Waals surface area contributed by atoms with Gasteiger partial charge in [-0.2, -0.15) is 0 Å². The number of hydrogen-bond donors (Lipinski definition) is 2. The summed E-state index contributed by atoms with van der Waals surface area (Å²) < 4.78 is 0. The van der Waals surface area contributed by atoms with Crippen LogP contribution in [0, 0.1) is 0 Å². The number of amides is 1. The van der Waals surface area contributed by atoms with Crippen LogP contribution in [0.1, 0.15) is 50.0 Å². The van der Waals surface area contributed by atoms with Gasteiger partial charge >= 0.3 is 0 Å². The van der Waals surface area contributed by atoms with Gasteiger partial charge < -0.3 is 15.8 Å².